The van der Waals surface area contributed by atoms with E-state index in [2.05, 4.69) is 18.2 Å². The largest absolute Gasteiger partial charge is 0.465 e. The van der Waals surface area contributed by atoms with Gasteiger partial charge in [0.2, 0.25) is 11.8 Å². The van der Waals surface area contributed by atoms with Crippen molar-refractivity contribution in [3.05, 3.63) is 60.2 Å². The van der Waals surface area contributed by atoms with Gasteiger partial charge in [-0.25, -0.2) is 0 Å². The molecule has 1 N–H and O–H groups in total. The molecule has 0 aromatic heterocycles. The van der Waals surface area contributed by atoms with Gasteiger partial charge in [0, 0.05) is 31.5 Å². The van der Waals surface area contributed by atoms with Gasteiger partial charge in [-0.2, -0.15) is 0 Å². The zero-order valence-corrected chi connectivity index (χ0v) is 22.7. The van der Waals surface area contributed by atoms with E-state index in [1.165, 1.54) is 0 Å². The van der Waals surface area contributed by atoms with E-state index in [9.17, 15) is 14.4 Å². The van der Waals surface area contributed by atoms with Gasteiger partial charge in [-0.05, 0) is 37.7 Å². The van der Waals surface area contributed by atoms with Crippen LogP contribution in [0.25, 0.3) is 0 Å². The lowest BCUT2D eigenvalue weighted by Gasteiger charge is -2.35. The highest BCUT2D eigenvalue weighted by Gasteiger charge is 2.70. The van der Waals surface area contributed by atoms with Crippen molar-refractivity contribution in [1.82, 2.24) is 9.80 Å². The van der Waals surface area contributed by atoms with Gasteiger partial charge < -0.3 is 19.6 Å². The summed E-state index contributed by atoms with van der Waals surface area (Å²) in [5.74, 6) is -1.73. The van der Waals surface area contributed by atoms with Crippen LogP contribution in [-0.2, 0) is 25.7 Å². The highest BCUT2D eigenvalue weighted by Crippen LogP contribution is 2.60. The number of hydrogen-bond donors (Lipinski definition) is 1. The number of carbonyl (C=O) groups is 3. The summed E-state index contributed by atoms with van der Waals surface area (Å²) in [5.41, 5.74) is 1.04. The number of carbonyl (C=O) groups excluding carboxylic acids is 3. The van der Waals surface area contributed by atoms with E-state index >= 15 is 0 Å². The Hall–Kier alpha value is -2.58. The van der Waals surface area contributed by atoms with Gasteiger partial charge >= 0.3 is 5.97 Å². The van der Waals surface area contributed by atoms with Gasteiger partial charge in [0.05, 0.1) is 23.2 Å². The summed E-state index contributed by atoms with van der Waals surface area (Å²) in [6.45, 7) is 1.93. The normalized spacial score (nSPS) is 31.9. The van der Waals surface area contributed by atoms with Gasteiger partial charge in [-0.1, -0.05) is 67.5 Å². The lowest BCUT2D eigenvalue weighted by molar-refractivity contribution is -0.153. The molecule has 0 bridgehead atoms. The van der Waals surface area contributed by atoms with E-state index in [0.717, 1.165) is 50.5 Å². The topological polar surface area (TPSA) is 87.2 Å². The monoisotopic (exact) mass is 538 g/mol. The second-order valence-corrected chi connectivity index (χ2v) is 12.2. The van der Waals surface area contributed by atoms with Crippen molar-refractivity contribution in [2.24, 2.45) is 11.8 Å². The van der Waals surface area contributed by atoms with Crippen LogP contribution in [0.4, 0.5) is 0 Å². The molecule has 4 heterocycles. The number of unbranched alkanes of at least 4 members (excludes halogenated alkanes) is 3. The third-order valence-electron chi connectivity index (χ3n) is 8.21. The van der Waals surface area contributed by atoms with Crippen molar-refractivity contribution in [2.45, 2.75) is 67.5 Å². The number of nitrogens with zero attached hydrogens (tertiary/aromatic N) is 2. The molecule has 204 valence electrons. The maximum atomic E-state index is 14.3. The summed E-state index contributed by atoms with van der Waals surface area (Å²) in [5, 5.41) is 8.93. The van der Waals surface area contributed by atoms with Crippen LogP contribution in [0.15, 0.2) is 54.6 Å². The molecule has 5 rings (SSSR count). The first-order valence-electron chi connectivity index (χ1n) is 14.0. The van der Waals surface area contributed by atoms with E-state index in [4.69, 9.17) is 9.84 Å². The number of aliphatic hydroxyl groups excluding tert-OH is 1. The first kappa shape index (κ1) is 27.0. The smallest absolute Gasteiger partial charge is 0.311 e. The SMILES string of the molecule is O=C1OCCCC/C=C\[C@H]2S[C@]34C=CCN(Cc5ccccc5)C(=O)C3N(CCCCCCO)C(=O)[C@@H]4[C@@H]12. The predicted octanol–water partition coefficient (Wildman–Crippen LogP) is 3.72. The van der Waals surface area contributed by atoms with Gasteiger partial charge in [-0.3, -0.25) is 14.4 Å². The first-order valence-corrected chi connectivity index (χ1v) is 14.9. The Morgan fingerprint density at radius 2 is 1.82 bits per heavy atom. The summed E-state index contributed by atoms with van der Waals surface area (Å²) >= 11 is 1.60. The molecule has 2 saturated heterocycles. The van der Waals surface area contributed by atoms with Crippen molar-refractivity contribution in [2.75, 3.05) is 26.3 Å². The molecule has 1 aromatic rings. The van der Waals surface area contributed by atoms with Gasteiger partial charge in [0.1, 0.15) is 6.04 Å². The fourth-order valence-corrected chi connectivity index (χ4v) is 8.40. The molecular weight excluding hydrogens is 500 g/mol. The van der Waals surface area contributed by atoms with E-state index in [0.29, 0.717) is 26.2 Å². The summed E-state index contributed by atoms with van der Waals surface area (Å²) in [6, 6.07) is 9.25. The Balaban J connectivity index is 1.49. The third-order valence-corrected chi connectivity index (χ3v) is 9.95. The molecule has 4 aliphatic rings. The highest BCUT2D eigenvalue weighted by molar-refractivity contribution is 8.02. The fourth-order valence-electron chi connectivity index (χ4n) is 6.40. The number of allylic oxidation sites excluding steroid dienone is 1. The molecule has 5 atom stereocenters. The third kappa shape index (κ3) is 5.17. The molecule has 0 aliphatic carbocycles. The van der Waals surface area contributed by atoms with Crippen molar-refractivity contribution >= 4 is 29.5 Å². The number of esters is 1. The van der Waals surface area contributed by atoms with Crippen LogP contribution < -0.4 is 0 Å². The maximum absolute atomic E-state index is 14.3. The second kappa shape index (κ2) is 12.1. The number of amides is 2. The highest BCUT2D eigenvalue weighted by atomic mass is 32.2. The van der Waals surface area contributed by atoms with E-state index in [1.807, 2.05) is 41.3 Å². The number of cyclic esters (lactones) is 1. The number of fused-ring (bicyclic) bond motifs is 2. The average Bonchev–Trinajstić information content (AvgIpc) is 3.31. The molecule has 1 unspecified atom stereocenters. The maximum Gasteiger partial charge on any atom is 0.311 e. The summed E-state index contributed by atoms with van der Waals surface area (Å²) in [4.78, 5) is 45.5. The summed E-state index contributed by atoms with van der Waals surface area (Å²) in [6.07, 6.45) is 14.2. The van der Waals surface area contributed by atoms with Crippen LogP contribution in [0.2, 0.25) is 0 Å². The van der Waals surface area contributed by atoms with Crippen molar-refractivity contribution in [1.29, 1.82) is 0 Å². The Morgan fingerprint density at radius 1 is 1.00 bits per heavy atom. The predicted molar refractivity (Wildman–Crippen MR) is 147 cm³/mol. The van der Waals surface area contributed by atoms with Crippen LogP contribution in [0.1, 0.15) is 50.5 Å². The van der Waals surface area contributed by atoms with E-state index in [-0.39, 0.29) is 29.6 Å². The second-order valence-electron chi connectivity index (χ2n) is 10.7. The summed E-state index contributed by atoms with van der Waals surface area (Å²) in [7, 11) is 0. The van der Waals surface area contributed by atoms with Crippen LogP contribution in [0.5, 0.6) is 0 Å². The zero-order chi connectivity index (χ0) is 26.5. The lowest BCUT2D eigenvalue weighted by atomic mass is 9.78. The minimum atomic E-state index is -0.808. The van der Waals surface area contributed by atoms with Crippen molar-refractivity contribution in [3.8, 4) is 0 Å². The molecule has 7 nitrogen and oxygen atoms in total. The van der Waals surface area contributed by atoms with Crippen LogP contribution in [-0.4, -0.2) is 75.0 Å². The minimum absolute atomic E-state index is 0.0568. The molecule has 0 radical (unpaired) electrons. The van der Waals surface area contributed by atoms with Gasteiger partial charge in [0.25, 0.3) is 0 Å². The van der Waals surface area contributed by atoms with Gasteiger partial charge in [-0.15, -0.1) is 11.8 Å². The number of ether oxygens (including phenoxy) is 1. The van der Waals surface area contributed by atoms with E-state index in [1.54, 1.807) is 16.7 Å². The Kier molecular flexibility index (Phi) is 8.58. The number of hydrogen-bond acceptors (Lipinski definition) is 6. The van der Waals surface area contributed by atoms with Crippen LogP contribution in [0.3, 0.4) is 0 Å². The van der Waals surface area contributed by atoms with Crippen molar-refractivity contribution in [3.63, 3.8) is 0 Å². The number of likely N-dealkylation sites (tertiary alicyclic amines) is 1. The Bertz CT molecular complexity index is 1080. The molecule has 1 spiro atoms. The standard InChI is InChI=1S/C30H38N2O5S/c33-19-10-3-2-9-18-32-26-28(35)31(21-22-13-6-5-7-14-22)17-12-16-30(26)25(27(32)34)24-23(38-30)15-8-1-4-11-20-37-29(24)36/h5-8,12-16,23-26,33H,1-4,9-11,17-21H2/b15-8-/t23-,24+,25+,26?,30+/m1/s1. The zero-order valence-electron chi connectivity index (χ0n) is 21.9. The Labute approximate surface area is 229 Å². The molecule has 2 amide bonds. The number of aliphatic hydroxyl groups is 1. The number of rotatable bonds is 8. The molecule has 8 heteroatoms. The van der Waals surface area contributed by atoms with Crippen molar-refractivity contribution < 1.29 is 24.2 Å². The average molecular weight is 539 g/mol. The molecule has 38 heavy (non-hydrogen) atoms. The van der Waals surface area contributed by atoms with Crippen LogP contribution in [0, 0.1) is 11.8 Å². The van der Waals surface area contributed by atoms with Crippen LogP contribution >= 0.6 is 11.8 Å². The molecule has 4 aliphatic heterocycles. The first-order chi connectivity index (χ1) is 18.6. The number of thioether (sulfide) groups is 1. The molecular formula is C30H38N2O5S. The Morgan fingerprint density at radius 3 is 2.63 bits per heavy atom. The summed E-state index contributed by atoms with van der Waals surface area (Å²) < 4.78 is 4.88. The van der Waals surface area contributed by atoms with Gasteiger partial charge in [0.15, 0.2) is 0 Å². The molecule has 0 saturated carbocycles. The quantitative estimate of drug-likeness (QED) is 0.309. The lowest BCUT2D eigenvalue weighted by Crippen LogP contribution is -2.53. The molecule has 1 aromatic carbocycles. The minimum Gasteiger partial charge on any atom is -0.465 e. The molecule has 2 fully saturated rings. The fraction of sp³-hybridized carbons (Fsp3) is 0.567. The number of benzene rings is 1. The van der Waals surface area contributed by atoms with E-state index < -0.39 is 22.6 Å².